The van der Waals surface area contributed by atoms with E-state index < -0.39 is 16.1 Å². The molecule has 0 bridgehead atoms. The second-order valence-electron chi connectivity index (χ2n) is 5.89. The highest BCUT2D eigenvalue weighted by molar-refractivity contribution is 7.88. The van der Waals surface area contributed by atoms with Crippen molar-refractivity contribution < 1.29 is 17.9 Å². The Balaban J connectivity index is 2.18. The first kappa shape index (κ1) is 19.9. The molecule has 2 rings (SSSR count). The predicted molar refractivity (Wildman–Crippen MR) is 101 cm³/mol. The maximum absolute atomic E-state index is 12.8. The first-order chi connectivity index (χ1) is 12.3. The molecule has 0 heterocycles. The molecule has 1 amide bonds. The SMILES string of the molecule is CCOc1cccc(CNC(=O)[C@H](c2ccccc2)N(C)S(C)(=O)=O)c1. The van der Waals surface area contributed by atoms with Gasteiger partial charge < -0.3 is 10.1 Å². The summed E-state index contributed by atoms with van der Waals surface area (Å²) in [6.07, 6.45) is 1.09. The number of carbonyl (C=O) groups excluding carboxylic acids is 1. The van der Waals surface area contributed by atoms with Crippen molar-refractivity contribution in [1.29, 1.82) is 0 Å². The van der Waals surface area contributed by atoms with Gasteiger partial charge in [-0.3, -0.25) is 4.79 Å². The molecule has 0 aliphatic carbocycles. The predicted octanol–water partition coefficient (Wildman–Crippen LogP) is 2.33. The smallest absolute Gasteiger partial charge is 0.243 e. The van der Waals surface area contributed by atoms with Gasteiger partial charge in [0, 0.05) is 13.6 Å². The van der Waals surface area contributed by atoms with Gasteiger partial charge in [0.2, 0.25) is 15.9 Å². The number of likely N-dealkylation sites (N-methyl/N-ethyl adjacent to an activating group) is 1. The average Bonchev–Trinajstić information content (AvgIpc) is 2.61. The third kappa shape index (κ3) is 5.31. The zero-order chi connectivity index (χ0) is 19.2. The van der Waals surface area contributed by atoms with Crippen LogP contribution in [-0.4, -0.2) is 38.5 Å². The molecule has 0 aromatic heterocycles. The number of nitrogens with one attached hydrogen (secondary N) is 1. The van der Waals surface area contributed by atoms with Crippen molar-refractivity contribution in [2.45, 2.75) is 19.5 Å². The van der Waals surface area contributed by atoms with Gasteiger partial charge in [-0.2, -0.15) is 4.31 Å². The molecule has 7 heteroatoms. The molecule has 0 aliphatic heterocycles. The van der Waals surface area contributed by atoms with Crippen LogP contribution >= 0.6 is 0 Å². The van der Waals surface area contributed by atoms with Crippen LogP contribution in [0.4, 0.5) is 0 Å². The quantitative estimate of drug-likeness (QED) is 0.767. The Labute approximate surface area is 154 Å². The van der Waals surface area contributed by atoms with E-state index in [4.69, 9.17) is 4.74 Å². The van der Waals surface area contributed by atoms with Gasteiger partial charge in [0.25, 0.3) is 0 Å². The van der Waals surface area contributed by atoms with E-state index in [1.165, 1.54) is 7.05 Å². The number of rotatable bonds is 8. The van der Waals surface area contributed by atoms with Gasteiger partial charge >= 0.3 is 0 Å². The van der Waals surface area contributed by atoms with Gasteiger partial charge in [-0.05, 0) is 30.2 Å². The van der Waals surface area contributed by atoms with Crippen molar-refractivity contribution in [2.75, 3.05) is 19.9 Å². The number of hydrogen-bond acceptors (Lipinski definition) is 4. The molecule has 0 aliphatic rings. The Morgan fingerprint density at radius 1 is 1.15 bits per heavy atom. The van der Waals surface area contributed by atoms with Gasteiger partial charge in [-0.25, -0.2) is 8.42 Å². The van der Waals surface area contributed by atoms with Crippen LogP contribution in [0.25, 0.3) is 0 Å². The summed E-state index contributed by atoms with van der Waals surface area (Å²) in [6, 6.07) is 15.3. The van der Waals surface area contributed by atoms with Crippen LogP contribution in [0.3, 0.4) is 0 Å². The Bertz CT molecular complexity index is 838. The highest BCUT2D eigenvalue weighted by atomic mass is 32.2. The number of nitrogens with zero attached hydrogens (tertiary/aromatic N) is 1. The molecule has 6 nitrogen and oxygen atoms in total. The molecular weight excluding hydrogens is 352 g/mol. The third-order valence-electron chi connectivity index (χ3n) is 3.93. The zero-order valence-electron chi connectivity index (χ0n) is 15.2. The molecule has 0 fully saturated rings. The number of benzene rings is 2. The second-order valence-corrected chi connectivity index (χ2v) is 7.93. The van der Waals surface area contributed by atoms with E-state index in [0.717, 1.165) is 21.9 Å². The van der Waals surface area contributed by atoms with Crippen LogP contribution < -0.4 is 10.1 Å². The van der Waals surface area contributed by atoms with Crippen LogP contribution in [0.2, 0.25) is 0 Å². The summed E-state index contributed by atoms with van der Waals surface area (Å²) < 4.78 is 30.5. The number of ether oxygens (including phenoxy) is 1. The lowest BCUT2D eigenvalue weighted by Crippen LogP contribution is -2.41. The van der Waals surface area contributed by atoms with Crippen LogP contribution in [0.1, 0.15) is 24.1 Å². The van der Waals surface area contributed by atoms with Gasteiger partial charge in [-0.1, -0.05) is 42.5 Å². The Morgan fingerprint density at radius 2 is 1.85 bits per heavy atom. The first-order valence-electron chi connectivity index (χ1n) is 8.30. The van der Waals surface area contributed by atoms with Crippen molar-refractivity contribution in [3.63, 3.8) is 0 Å². The monoisotopic (exact) mass is 376 g/mol. The topological polar surface area (TPSA) is 75.7 Å². The maximum Gasteiger partial charge on any atom is 0.243 e. The van der Waals surface area contributed by atoms with Gasteiger partial charge in [0.1, 0.15) is 11.8 Å². The van der Waals surface area contributed by atoms with Crippen molar-refractivity contribution >= 4 is 15.9 Å². The number of hydrogen-bond donors (Lipinski definition) is 1. The van der Waals surface area contributed by atoms with E-state index in [1.807, 2.05) is 37.3 Å². The summed E-state index contributed by atoms with van der Waals surface area (Å²) in [4.78, 5) is 12.8. The molecule has 1 atom stereocenters. The Kier molecular flexibility index (Phi) is 6.76. The lowest BCUT2D eigenvalue weighted by molar-refractivity contribution is -0.124. The van der Waals surface area contributed by atoms with Crippen LogP contribution in [0.5, 0.6) is 5.75 Å². The standard InChI is InChI=1S/C19H24N2O4S/c1-4-25-17-12-8-9-15(13-17)14-20-19(22)18(21(2)26(3,23)24)16-10-6-5-7-11-16/h5-13,18H,4,14H2,1-3H3,(H,20,22)/t18-/m0/s1. The minimum atomic E-state index is -3.54. The fourth-order valence-electron chi connectivity index (χ4n) is 2.55. The van der Waals surface area contributed by atoms with E-state index >= 15 is 0 Å². The highest BCUT2D eigenvalue weighted by Gasteiger charge is 2.30. The van der Waals surface area contributed by atoms with Crippen molar-refractivity contribution in [2.24, 2.45) is 0 Å². The Morgan fingerprint density at radius 3 is 2.46 bits per heavy atom. The summed E-state index contributed by atoms with van der Waals surface area (Å²) in [5, 5.41) is 2.82. The first-order valence-corrected chi connectivity index (χ1v) is 10.1. The molecule has 140 valence electrons. The molecule has 1 N–H and O–H groups in total. The highest BCUT2D eigenvalue weighted by Crippen LogP contribution is 2.22. The minimum absolute atomic E-state index is 0.278. The average molecular weight is 376 g/mol. The zero-order valence-corrected chi connectivity index (χ0v) is 16.0. The minimum Gasteiger partial charge on any atom is -0.494 e. The normalized spacial score (nSPS) is 12.6. The fraction of sp³-hybridized carbons (Fsp3) is 0.316. The molecule has 2 aromatic carbocycles. The molecule has 26 heavy (non-hydrogen) atoms. The lowest BCUT2D eigenvalue weighted by Gasteiger charge is -2.25. The largest absolute Gasteiger partial charge is 0.494 e. The van der Waals surface area contributed by atoms with E-state index in [2.05, 4.69) is 5.32 Å². The van der Waals surface area contributed by atoms with E-state index in [-0.39, 0.29) is 12.5 Å². The van der Waals surface area contributed by atoms with Crippen molar-refractivity contribution in [3.8, 4) is 5.75 Å². The molecule has 2 aromatic rings. The maximum atomic E-state index is 12.8. The number of amides is 1. The lowest BCUT2D eigenvalue weighted by atomic mass is 10.1. The molecular formula is C19H24N2O4S. The van der Waals surface area contributed by atoms with Crippen LogP contribution in [-0.2, 0) is 21.4 Å². The molecule has 0 saturated heterocycles. The second kappa shape index (κ2) is 8.82. The van der Waals surface area contributed by atoms with Crippen LogP contribution in [0.15, 0.2) is 54.6 Å². The summed E-state index contributed by atoms with van der Waals surface area (Å²) in [5.41, 5.74) is 1.49. The van der Waals surface area contributed by atoms with E-state index in [0.29, 0.717) is 12.2 Å². The Hall–Kier alpha value is -2.38. The summed E-state index contributed by atoms with van der Waals surface area (Å²) in [5.74, 6) is 0.345. The molecule has 0 unspecified atom stereocenters. The number of carbonyl (C=O) groups is 1. The van der Waals surface area contributed by atoms with Crippen molar-refractivity contribution in [1.82, 2.24) is 9.62 Å². The van der Waals surface area contributed by atoms with Gasteiger partial charge in [0.15, 0.2) is 0 Å². The van der Waals surface area contributed by atoms with Gasteiger partial charge in [0.05, 0.1) is 12.9 Å². The fourth-order valence-corrected chi connectivity index (χ4v) is 3.15. The summed E-state index contributed by atoms with van der Waals surface area (Å²) in [6.45, 7) is 2.74. The van der Waals surface area contributed by atoms with E-state index in [9.17, 15) is 13.2 Å². The van der Waals surface area contributed by atoms with Crippen LogP contribution in [0, 0.1) is 0 Å². The summed E-state index contributed by atoms with van der Waals surface area (Å²) >= 11 is 0. The summed E-state index contributed by atoms with van der Waals surface area (Å²) in [7, 11) is -2.13. The molecule has 0 spiro atoms. The molecule has 0 saturated carbocycles. The van der Waals surface area contributed by atoms with Crippen molar-refractivity contribution in [3.05, 3.63) is 65.7 Å². The third-order valence-corrected chi connectivity index (χ3v) is 5.18. The number of sulfonamides is 1. The molecule has 0 radical (unpaired) electrons. The van der Waals surface area contributed by atoms with Gasteiger partial charge in [-0.15, -0.1) is 0 Å². The van der Waals surface area contributed by atoms with E-state index in [1.54, 1.807) is 24.3 Å².